The van der Waals surface area contributed by atoms with E-state index in [1.165, 1.54) is 0 Å². The topological polar surface area (TPSA) is 9.23 Å². The van der Waals surface area contributed by atoms with Crippen LogP contribution in [-0.4, -0.2) is 60.1 Å². The Morgan fingerprint density at radius 3 is 0.727 bits per heavy atom. The van der Waals surface area contributed by atoms with Crippen molar-refractivity contribution in [3.63, 3.8) is 0 Å². The highest BCUT2D eigenvalue weighted by Crippen LogP contribution is 2.65. The largest absolute Gasteiger partial charge is 0.459 e. The van der Waals surface area contributed by atoms with Gasteiger partial charge in [0.25, 0.3) is 0 Å². The average Bonchev–Trinajstić information content (AvgIpc) is 2.46. The summed E-state index contributed by atoms with van der Waals surface area (Å²) < 4.78 is 279. The second-order valence-corrected chi connectivity index (χ2v) is 5.59. The lowest BCUT2D eigenvalue weighted by atomic mass is 9.88. The first kappa shape index (κ1) is 31.4. The van der Waals surface area contributed by atoms with Crippen molar-refractivity contribution in [2.45, 2.75) is 60.1 Å². The monoisotopic (exact) mass is 554 g/mol. The molecule has 23 heteroatoms. The van der Waals surface area contributed by atoms with Crippen LogP contribution in [0.2, 0.25) is 0 Å². The predicted molar refractivity (Wildman–Crippen MR) is 52.8 cm³/mol. The van der Waals surface area contributed by atoms with Gasteiger partial charge in [-0.1, -0.05) is 0 Å². The van der Waals surface area contributed by atoms with Crippen LogP contribution in [0.15, 0.2) is 0 Å². The predicted octanol–water partition coefficient (Wildman–Crippen LogP) is 7.13. The summed E-state index contributed by atoms with van der Waals surface area (Å²) in [6.45, 7) is 0. The summed E-state index contributed by atoms with van der Waals surface area (Å²) in [6, 6.07) is 0. The molecule has 0 bridgehead atoms. The number of alkyl halides is 22. The molecule has 0 aromatic carbocycles. The van der Waals surface area contributed by atoms with Gasteiger partial charge in [-0.15, -0.1) is 0 Å². The van der Waals surface area contributed by atoms with E-state index in [9.17, 15) is 96.6 Å². The van der Waals surface area contributed by atoms with E-state index in [2.05, 4.69) is 0 Å². The Labute approximate surface area is 163 Å². The molecule has 0 aromatic heterocycles. The smallest absolute Gasteiger partial charge is 0.270 e. The zero-order valence-electron chi connectivity index (χ0n) is 13.7. The van der Waals surface area contributed by atoms with Gasteiger partial charge in [0.05, 0.1) is 0 Å². The van der Waals surface area contributed by atoms with Crippen LogP contribution < -0.4 is 0 Å². The molecule has 0 aliphatic carbocycles. The highest BCUT2D eigenvalue weighted by Gasteiger charge is 2.97. The van der Waals surface area contributed by atoms with Crippen molar-refractivity contribution < 1.29 is 101 Å². The first-order valence-corrected chi connectivity index (χ1v) is 6.57. The van der Waals surface area contributed by atoms with E-state index in [0.717, 1.165) is 4.74 Å². The fourth-order valence-corrected chi connectivity index (χ4v) is 1.80. The highest BCUT2D eigenvalue weighted by molar-refractivity contribution is 5.15. The number of hydrogen-bond acceptors (Lipinski definition) is 1. The molecule has 0 radical (unpaired) electrons. The summed E-state index contributed by atoms with van der Waals surface area (Å²) in [5, 5.41) is 0. The third kappa shape index (κ3) is 4.21. The van der Waals surface area contributed by atoms with Gasteiger partial charge in [0.1, 0.15) is 0 Å². The van der Waals surface area contributed by atoms with Crippen LogP contribution in [0.5, 0.6) is 0 Å². The van der Waals surface area contributed by atoms with Crippen molar-refractivity contribution in [2.24, 2.45) is 0 Å². The maximum atomic E-state index is 14.0. The van der Waals surface area contributed by atoms with Gasteiger partial charge in [0.2, 0.25) is 0 Å². The molecule has 0 amide bonds. The summed E-state index contributed by atoms with van der Waals surface area (Å²) >= 11 is 0. The molecule has 1 unspecified atom stereocenters. The van der Waals surface area contributed by atoms with Crippen LogP contribution in [0, 0.1) is 0 Å². The van der Waals surface area contributed by atoms with Crippen molar-refractivity contribution in [1.82, 2.24) is 0 Å². The molecule has 0 fully saturated rings. The summed E-state index contributed by atoms with van der Waals surface area (Å²) in [4.78, 5) is 0. The lowest BCUT2D eigenvalue weighted by Crippen LogP contribution is -2.78. The van der Waals surface area contributed by atoms with Gasteiger partial charge in [-0.2, -0.15) is 83.4 Å². The normalized spacial score (nSPS) is 18.4. The van der Waals surface area contributed by atoms with Crippen LogP contribution in [0.3, 0.4) is 0 Å². The van der Waals surface area contributed by atoms with E-state index in [0.29, 0.717) is 0 Å². The SMILES string of the molecule is FC(F)(F)C(F)(F)C(F)(OC(F)(F)C(F)(C(F)(F)F)C(F)(F)F)C(F)(C(F)(F)F)C(F)(F)F. The van der Waals surface area contributed by atoms with Crippen LogP contribution in [-0.2, 0) is 4.74 Å². The molecule has 0 aliphatic rings. The van der Waals surface area contributed by atoms with E-state index >= 15 is 0 Å². The van der Waals surface area contributed by atoms with Crippen molar-refractivity contribution in [1.29, 1.82) is 0 Å². The number of hydrogen-bond donors (Lipinski definition) is 0. The maximum absolute atomic E-state index is 14.0. The molecule has 0 aliphatic heterocycles. The molecule has 1 nitrogen and oxygen atoms in total. The van der Waals surface area contributed by atoms with Crippen molar-refractivity contribution in [3.8, 4) is 0 Å². The van der Waals surface area contributed by atoms with Crippen molar-refractivity contribution >= 4 is 0 Å². The molecule has 1 atom stereocenters. The zero-order chi connectivity index (χ0) is 27.7. The van der Waals surface area contributed by atoms with Gasteiger partial charge in [-0.3, -0.25) is 4.74 Å². The Hall–Kier alpha value is -1.58. The molecule has 0 aromatic rings. The molecule has 0 rings (SSSR count). The molecule has 0 saturated heterocycles. The van der Waals surface area contributed by atoms with Crippen LogP contribution in [0.1, 0.15) is 0 Å². The lowest BCUT2D eigenvalue weighted by Gasteiger charge is -2.46. The average molecular weight is 554 g/mol. The quantitative estimate of drug-likeness (QED) is 0.329. The minimum Gasteiger partial charge on any atom is -0.270 e. The summed E-state index contributed by atoms with van der Waals surface area (Å²) in [5.41, 5.74) is -17.9. The number of halogens is 22. The van der Waals surface area contributed by atoms with Crippen molar-refractivity contribution in [3.05, 3.63) is 0 Å². The Morgan fingerprint density at radius 2 is 0.545 bits per heavy atom. The minimum absolute atomic E-state index is 0.753. The first-order chi connectivity index (χ1) is 13.7. The Balaban J connectivity index is 7.70. The Bertz CT molecular complexity index is 671. The van der Waals surface area contributed by atoms with E-state index in [4.69, 9.17) is 0 Å². The van der Waals surface area contributed by atoms with Crippen LogP contribution in [0.4, 0.5) is 96.6 Å². The van der Waals surface area contributed by atoms with E-state index < -0.39 is 60.1 Å². The molecule has 200 valence electrons. The zero-order valence-corrected chi connectivity index (χ0v) is 13.7. The van der Waals surface area contributed by atoms with E-state index in [-0.39, 0.29) is 0 Å². The molecular weight excluding hydrogens is 554 g/mol. The molecule has 0 heterocycles. The lowest BCUT2D eigenvalue weighted by molar-refractivity contribution is -0.540. The van der Waals surface area contributed by atoms with Gasteiger partial charge in [-0.25, -0.2) is 13.2 Å². The second kappa shape index (κ2) is 7.46. The molecule has 0 saturated carbocycles. The third-order valence-electron chi connectivity index (χ3n) is 3.44. The van der Waals surface area contributed by atoms with Gasteiger partial charge in [0.15, 0.2) is 0 Å². The second-order valence-electron chi connectivity index (χ2n) is 5.59. The fourth-order valence-electron chi connectivity index (χ4n) is 1.80. The Kier molecular flexibility index (Phi) is 7.10. The molecular formula is C10F22O. The third-order valence-corrected chi connectivity index (χ3v) is 3.44. The van der Waals surface area contributed by atoms with Crippen LogP contribution >= 0.6 is 0 Å². The van der Waals surface area contributed by atoms with Gasteiger partial charge in [-0.05, 0) is 0 Å². The molecule has 0 N–H and O–H groups in total. The van der Waals surface area contributed by atoms with E-state index in [1.807, 2.05) is 0 Å². The summed E-state index contributed by atoms with van der Waals surface area (Å²) in [5.74, 6) is -18.3. The minimum atomic E-state index is -9.29. The highest BCUT2D eigenvalue weighted by atomic mass is 19.5. The fraction of sp³-hybridized carbons (Fsp3) is 1.00. The van der Waals surface area contributed by atoms with Crippen molar-refractivity contribution in [2.75, 3.05) is 0 Å². The standard InChI is InChI=1S/C10F22O/c11-1(5(16,17)18,6(19,20)21)4(15,3(13,14)9(28,29)30)33-10(31,32)2(12,7(22,23)24)8(25,26)27. The van der Waals surface area contributed by atoms with Gasteiger partial charge in [0, 0.05) is 0 Å². The summed E-state index contributed by atoms with van der Waals surface area (Å²) in [7, 11) is 0. The molecule has 33 heavy (non-hydrogen) atoms. The van der Waals surface area contributed by atoms with Gasteiger partial charge >= 0.3 is 60.1 Å². The van der Waals surface area contributed by atoms with Gasteiger partial charge < -0.3 is 0 Å². The molecule has 0 spiro atoms. The number of ether oxygens (including phenoxy) is 1. The number of rotatable bonds is 5. The van der Waals surface area contributed by atoms with Crippen LogP contribution in [0.25, 0.3) is 0 Å². The first-order valence-electron chi connectivity index (χ1n) is 6.57. The Morgan fingerprint density at radius 1 is 0.303 bits per heavy atom. The summed E-state index contributed by atoms with van der Waals surface area (Å²) in [6.07, 6.45) is -51.3. The van der Waals surface area contributed by atoms with E-state index in [1.54, 1.807) is 0 Å². The maximum Gasteiger partial charge on any atom is 0.459 e.